The highest BCUT2D eigenvalue weighted by atomic mass is 32.1. The summed E-state index contributed by atoms with van der Waals surface area (Å²) in [5, 5.41) is 3.83. The summed E-state index contributed by atoms with van der Waals surface area (Å²) in [4.78, 5) is 15.5. The number of rotatable bonds is 4. The maximum absolute atomic E-state index is 11.2. The summed E-state index contributed by atoms with van der Waals surface area (Å²) in [5.41, 5.74) is 4.65. The minimum Gasteiger partial charge on any atom is -0.369 e. The van der Waals surface area contributed by atoms with E-state index < -0.39 is 5.41 Å². The van der Waals surface area contributed by atoms with Crippen LogP contribution in [0.3, 0.4) is 0 Å². The van der Waals surface area contributed by atoms with Gasteiger partial charge in [0.1, 0.15) is 5.82 Å². The quantitative estimate of drug-likeness (QED) is 0.860. The lowest BCUT2D eigenvalue weighted by Crippen LogP contribution is -2.37. The molecule has 0 saturated carbocycles. The summed E-state index contributed by atoms with van der Waals surface area (Å²) in [7, 11) is 0. The number of primary amides is 1. The Morgan fingerprint density at radius 1 is 1.35 bits per heavy atom. The van der Waals surface area contributed by atoms with Crippen molar-refractivity contribution in [2.45, 2.75) is 40.0 Å². The lowest BCUT2D eigenvalue weighted by atomic mass is 9.93. The molecule has 0 aliphatic heterocycles. The highest BCUT2D eigenvalue weighted by Crippen LogP contribution is 2.24. The van der Waals surface area contributed by atoms with Crippen LogP contribution >= 0.6 is 11.5 Å². The van der Waals surface area contributed by atoms with Gasteiger partial charge in [0.25, 0.3) is 0 Å². The van der Waals surface area contributed by atoms with Crippen LogP contribution < -0.4 is 11.1 Å². The molecule has 1 rings (SSSR count). The number of carbonyl (C=O) groups excluding carboxylic acids is 1. The summed E-state index contributed by atoms with van der Waals surface area (Å²) in [6.07, 6.45) is 0. The molecule has 0 fully saturated rings. The van der Waals surface area contributed by atoms with Gasteiger partial charge in [0.2, 0.25) is 11.0 Å². The Balaban J connectivity index is 2.66. The Morgan fingerprint density at radius 3 is 2.35 bits per heavy atom. The zero-order valence-electron chi connectivity index (χ0n) is 11.0. The summed E-state index contributed by atoms with van der Waals surface area (Å²) in [6.45, 7) is 10.2. The topological polar surface area (TPSA) is 80.9 Å². The average molecular weight is 256 g/mol. The largest absolute Gasteiger partial charge is 0.369 e. The van der Waals surface area contributed by atoms with Gasteiger partial charge >= 0.3 is 0 Å². The Bertz CT molecular complexity index is 406. The van der Waals surface area contributed by atoms with Gasteiger partial charge in [-0.1, -0.05) is 20.8 Å². The number of anilines is 1. The molecular formula is C11H20N4OS. The SMILES string of the molecule is CC(C)(CNc1nc(C(C)(C)C)ns1)C(N)=O. The predicted octanol–water partition coefficient (Wildman–Crippen LogP) is 1.76. The lowest BCUT2D eigenvalue weighted by Gasteiger charge is -2.20. The number of aromatic nitrogens is 2. The molecule has 0 aliphatic rings. The fourth-order valence-electron chi connectivity index (χ4n) is 0.984. The Kier molecular flexibility index (Phi) is 3.76. The minimum absolute atomic E-state index is 0.0599. The molecular weight excluding hydrogens is 236 g/mol. The van der Waals surface area contributed by atoms with Gasteiger partial charge in [0.05, 0.1) is 5.41 Å². The number of hydrogen-bond acceptors (Lipinski definition) is 5. The van der Waals surface area contributed by atoms with E-state index in [-0.39, 0.29) is 11.3 Å². The highest BCUT2D eigenvalue weighted by molar-refractivity contribution is 7.09. The van der Waals surface area contributed by atoms with Crippen LogP contribution in [0, 0.1) is 5.41 Å². The maximum Gasteiger partial charge on any atom is 0.224 e. The summed E-state index contributed by atoms with van der Waals surface area (Å²) in [5.74, 6) is 0.479. The van der Waals surface area contributed by atoms with E-state index in [1.165, 1.54) is 11.5 Å². The van der Waals surface area contributed by atoms with Crippen molar-refractivity contribution < 1.29 is 4.79 Å². The highest BCUT2D eigenvalue weighted by Gasteiger charge is 2.25. The van der Waals surface area contributed by atoms with E-state index in [1.54, 1.807) is 13.8 Å². The van der Waals surface area contributed by atoms with Gasteiger partial charge < -0.3 is 11.1 Å². The molecule has 1 heterocycles. The minimum atomic E-state index is -0.590. The first-order valence-electron chi connectivity index (χ1n) is 5.51. The molecule has 0 bridgehead atoms. The third-order valence-electron chi connectivity index (χ3n) is 2.45. The zero-order valence-corrected chi connectivity index (χ0v) is 11.8. The summed E-state index contributed by atoms with van der Waals surface area (Å²) >= 11 is 1.30. The third kappa shape index (κ3) is 3.66. The second-order valence-corrected chi connectivity index (χ2v) is 6.53. The monoisotopic (exact) mass is 256 g/mol. The molecule has 3 N–H and O–H groups in total. The van der Waals surface area contributed by atoms with Gasteiger partial charge in [-0.2, -0.15) is 4.37 Å². The first-order chi connectivity index (χ1) is 7.63. The second-order valence-electron chi connectivity index (χ2n) is 5.77. The standard InChI is InChI=1S/C11H20N4OS/c1-10(2,3)8-14-9(17-15-8)13-6-11(4,5)7(12)16/h6H2,1-5H3,(H2,12,16)(H,13,14,15). The van der Waals surface area contributed by atoms with Crippen LogP contribution in [0.4, 0.5) is 5.13 Å². The molecule has 0 unspecified atom stereocenters. The van der Waals surface area contributed by atoms with Crippen molar-refractivity contribution in [3.05, 3.63) is 5.82 Å². The second kappa shape index (κ2) is 4.60. The Hall–Kier alpha value is -1.17. The Morgan fingerprint density at radius 2 is 1.94 bits per heavy atom. The smallest absolute Gasteiger partial charge is 0.224 e. The molecule has 17 heavy (non-hydrogen) atoms. The fourth-order valence-corrected chi connectivity index (χ4v) is 1.74. The van der Waals surface area contributed by atoms with E-state index in [0.29, 0.717) is 6.54 Å². The first-order valence-corrected chi connectivity index (χ1v) is 6.28. The van der Waals surface area contributed by atoms with Crippen molar-refractivity contribution in [1.29, 1.82) is 0 Å². The normalized spacial score (nSPS) is 12.5. The lowest BCUT2D eigenvalue weighted by molar-refractivity contribution is -0.125. The van der Waals surface area contributed by atoms with Crippen LogP contribution in [0.15, 0.2) is 0 Å². The van der Waals surface area contributed by atoms with Crippen molar-refractivity contribution in [3.63, 3.8) is 0 Å². The molecule has 6 heteroatoms. The van der Waals surface area contributed by atoms with Gasteiger partial charge in [0, 0.05) is 23.5 Å². The molecule has 1 amide bonds. The molecule has 5 nitrogen and oxygen atoms in total. The number of nitrogens with one attached hydrogen (secondary N) is 1. The van der Waals surface area contributed by atoms with Crippen LogP contribution in [0.5, 0.6) is 0 Å². The van der Waals surface area contributed by atoms with Crippen molar-refractivity contribution in [3.8, 4) is 0 Å². The average Bonchev–Trinajstić information content (AvgIpc) is 2.62. The van der Waals surface area contributed by atoms with E-state index in [4.69, 9.17) is 5.73 Å². The van der Waals surface area contributed by atoms with Crippen molar-refractivity contribution in [2.75, 3.05) is 11.9 Å². The molecule has 0 aliphatic carbocycles. The molecule has 96 valence electrons. The molecule has 0 radical (unpaired) electrons. The van der Waals surface area contributed by atoms with Crippen LogP contribution in [0.25, 0.3) is 0 Å². The third-order valence-corrected chi connectivity index (χ3v) is 3.12. The summed E-state index contributed by atoms with van der Waals surface area (Å²) in [6, 6.07) is 0. The van der Waals surface area contributed by atoms with E-state index in [2.05, 4.69) is 35.4 Å². The molecule has 0 saturated heterocycles. The van der Waals surface area contributed by atoms with Gasteiger partial charge in [0.15, 0.2) is 0 Å². The number of hydrogen-bond donors (Lipinski definition) is 2. The van der Waals surface area contributed by atoms with Crippen LogP contribution in [0.1, 0.15) is 40.4 Å². The Labute approximate surface area is 106 Å². The predicted molar refractivity (Wildman–Crippen MR) is 70.1 cm³/mol. The van der Waals surface area contributed by atoms with E-state index in [0.717, 1.165) is 11.0 Å². The molecule has 0 spiro atoms. The van der Waals surface area contributed by atoms with E-state index in [1.807, 2.05) is 0 Å². The number of carbonyl (C=O) groups is 1. The van der Waals surface area contributed by atoms with Crippen LogP contribution in [-0.2, 0) is 10.2 Å². The molecule has 0 atom stereocenters. The van der Waals surface area contributed by atoms with Gasteiger partial charge in [-0.15, -0.1) is 0 Å². The van der Waals surface area contributed by atoms with Crippen LogP contribution in [0.2, 0.25) is 0 Å². The van der Waals surface area contributed by atoms with Crippen molar-refractivity contribution >= 4 is 22.6 Å². The van der Waals surface area contributed by atoms with Crippen LogP contribution in [-0.4, -0.2) is 21.8 Å². The van der Waals surface area contributed by atoms with Gasteiger partial charge in [-0.25, -0.2) is 4.98 Å². The first kappa shape index (κ1) is 13.9. The van der Waals surface area contributed by atoms with Gasteiger partial charge in [-0.3, -0.25) is 4.79 Å². The number of amides is 1. The van der Waals surface area contributed by atoms with E-state index >= 15 is 0 Å². The molecule has 1 aromatic heterocycles. The van der Waals surface area contributed by atoms with Gasteiger partial charge in [-0.05, 0) is 13.8 Å². The zero-order chi connectivity index (χ0) is 13.3. The van der Waals surface area contributed by atoms with E-state index in [9.17, 15) is 4.79 Å². The van der Waals surface area contributed by atoms with Crippen molar-refractivity contribution in [1.82, 2.24) is 9.36 Å². The molecule has 0 aromatic carbocycles. The fraction of sp³-hybridized carbons (Fsp3) is 0.727. The van der Waals surface area contributed by atoms with Crippen molar-refractivity contribution in [2.24, 2.45) is 11.1 Å². The number of nitrogens with zero attached hydrogens (tertiary/aromatic N) is 2. The maximum atomic E-state index is 11.2. The summed E-state index contributed by atoms with van der Waals surface area (Å²) < 4.78 is 4.28. The molecule has 1 aromatic rings. The number of nitrogens with two attached hydrogens (primary N) is 1.